The summed E-state index contributed by atoms with van der Waals surface area (Å²) in [4.78, 5) is 2.39. The molecule has 0 aliphatic rings. The monoisotopic (exact) mass is 751 g/mol. The van der Waals surface area contributed by atoms with Crippen LogP contribution in [-0.4, -0.2) is 0 Å². The van der Waals surface area contributed by atoms with Crippen LogP contribution in [0.1, 0.15) is 0 Å². The molecule has 10 aromatic rings. The number of hydrogen-bond donors (Lipinski definition) is 0. The first-order valence-electron chi connectivity index (χ1n) is 20.3. The Hall–Kier alpha value is -7.74. The third-order valence-electron chi connectivity index (χ3n) is 11.2. The zero-order valence-corrected chi connectivity index (χ0v) is 32.6. The van der Waals surface area contributed by atoms with E-state index in [2.05, 4.69) is 254 Å². The van der Waals surface area contributed by atoms with E-state index in [0.717, 1.165) is 39.3 Å². The fourth-order valence-corrected chi connectivity index (χ4v) is 8.35. The van der Waals surface area contributed by atoms with Gasteiger partial charge in [-0.25, -0.2) is 0 Å². The second-order valence-electron chi connectivity index (χ2n) is 14.9. The summed E-state index contributed by atoms with van der Waals surface area (Å²) in [6, 6.07) is 89.9. The second kappa shape index (κ2) is 16.0. The van der Waals surface area contributed by atoms with Crippen LogP contribution in [-0.2, 0) is 0 Å². The Balaban J connectivity index is 1.16. The molecule has 1 nitrogen and oxygen atoms in total. The van der Waals surface area contributed by atoms with E-state index >= 15 is 0 Å². The first kappa shape index (κ1) is 35.7. The molecule has 0 amide bonds. The maximum atomic E-state index is 2.39. The highest BCUT2D eigenvalue weighted by atomic mass is 15.1. The van der Waals surface area contributed by atoms with Crippen molar-refractivity contribution in [3.8, 4) is 66.8 Å². The van der Waals surface area contributed by atoms with Crippen molar-refractivity contribution < 1.29 is 0 Å². The molecular weight excluding hydrogens is 711 g/mol. The average molecular weight is 752 g/mol. The SMILES string of the molecule is c1ccc(-c2cc(-c3cc(-c4ccccc4)c(-c4ccccc4)c(-c4ccccc4)c3)ccc2N(c2ccccc2)c2ccc(-c3ccc4ccccc4c3)cc2)cc1. The summed E-state index contributed by atoms with van der Waals surface area (Å²) >= 11 is 0. The van der Waals surface area contributed by atoms with Crippen molar-refractivity contribution in [2.45, 2.75) is 0 Å². The minimum atomic E-state index is 1.09. The number of fused-ring (bicyclic) bond motifs is 1. The molecular formula is C58H41N. The minimum Gasteiger partial charge on any atom is -0.310 e. The van der Waals surface area contributed by atoms with Gasteiger partial charge in [0.2, 0.25) is 0 Å². The number of nitrogens with zero attached hydrogens (tertiary/aromatic N) is 1. The molecule has 0 saturated heterocycles. The smallest absolute Gasteiger partial charge is 0.0540 e. The highest BCUT2D eigenvalue weighted by Crippen LogP contribution is 2.46. The van der Waals surface area contributed by atoms with Gasteiger partial charge in [0.25, 0.3) is 0 Å². The Morgan fingerprint density at radius 2 is 0.627 bits per heavy atom. The van der Waals surface area contributed by atoms with Gasteiger partial charge in [-0.15, -0.1) is 0 Å². The Morgan fingerprint density at radius 3 is 1.20 bits per heavy atom. The van der Waals surface area contributed by atoms with E-state index in [1.54, 1.807) is 0 Å². The van der Waals surface area contributed by atoms with Crippen LogP contribution in [0.5, 0.6) is 0 Å². The summed E-state index contributed by atoms with van der Waals surface area (Å²) in [7, 11) is 0. The van der Waals surface area contributed by atoms with E-state index in [4.69, 9.17) is 0 Å². The van der Waals surface area contributed by atoms with Gasteiger partial charge in [-0.2, -0.15) is 0 Å². The lowest BCUT2D eigenvalue weighted by Crippen LogP contribution is -2.11. The highest BCUT2D eigenvalue weighted by Gasteiger charge is 2.21. The van der Waals surface area contributed by atoms with Gasteiger partial charge in [-0.3, -0.25) is 0 Å². The molecule has 0 aromatic heterocycles. The molecule has 0 N–H and O–H groups in total. The molecule has 0 spiro atoms. The lowest BCUT2D eigenvalue weighted by Gasteiger charge is -2.28. The third-order valence-corrected chi connectivity index (χ3v) is 11.2. The largest absolute Gasteiger partial charge is 0.310 e. The normalized spacial score (nSPS) is 11.1. The summed E-state index contributed by atoms with van der Waals surface area (Å²) in [5.41, 5.74) is 17.5. The zero-order valence-electron chi connectivity index (χ0n) is 32.6. The molecule has 0 aliphatic carbocycles. The summed E-state index contributed by atoms with van der Waals surface area (Å²) in [5, 5.41) is 2.49. The van der Waals surface area contributed by atoms with Gasteiger partial charge in [0.15, 0.2) is 0 Å². The van der Waals surface area contributed by atoms with Crippen LogP contribution in [0.4, 0.5) is 17.1 Å². The Kier molecular flexibility index (Phi) is 9.68. The van der Waals surface area contributed by atoms with Crippen molar-refractivity contribution in [3.63, 3.8) is 0 Å². The van der Waals surface area contributed by atoms with E-state index in [-0.39, 0.29) is 0 Å². The van der Waals surface area contributed by atoms with Crippen LogP contribution in [0.2, 0.25) is 0 Å². The van der Waals surface area contributed by atoms with Gasteiger partial charge in [0.1, 0.15) is 0 Å². The predicted octanol–water partition coefficient (Wildman–Crippen LogP) is 16.3. The number of rotatable bonds is 9. The molecule has 10 rings (SSSR count). The molecule has 1 heteroatoms. The fourth-order valence-electron chi connectivity index (χ4n) is 8.35. The molecule has 59 heavy (non-hydrogen) atoms. The molecule has 0 fully saturated rings. The molecule has 0 atom stereocenters. The van der Waals surface area contributed by atoms with E-state index in [1.165, 1.54) is 55.3 Å². The standard InChI is InChI=1S/C58H41N/c1-6-19-44(20-7-1)54-39-50(51-40-55(45-21-8-2-9-22-45)58(47-25-12-4-13-26-47)56(41-51)46-23-10-3-11-24-46)34-37-57(54)59(52-28-14-5-15-29-52)53-35-32-43(33-36-53)49-31-30-42-18-16-17-27-48(42)38-49/h1-41H. The molecule has 0 saturated carbocycles. The van der Waals surface area contributed by atoms with Gasteiger partial charge >= 0.3 is 0 Å². The molecule has 0 heterocycles. The second-order valence-corrected chi connectivity index (χ2v) is 14.9. The maximum Gasteiger partial charge on any atom is 0.0540 e. The molecule has 0 radical (unpaired) electrons. The van der Waals surface area contributed by atoms with Gasteiger partial charge in [0.05, 0.1) is 5.69 Å². The maximum absolute atomic E-state index is 2.39. The van der Waals surface area contributed by atoms with Gasteiger partial charge in [-0.1, -0.05) is 194 Å². The Morgan fingerprint density at radius 1 is 0.220 bits per heavy atom. The highest BCUT2D eigenvalue weighted by molar-refractivity contribution is 5.99. The van der Waals surface area contributed by atoms with Crippen molar-refractivity contribution >= 4 is 27.8 Å². The lowest BCUT2D eigenvalue weighted by atomic mass is 9.84. The van der Waals surface area contributed by atoms with Crippen LogP contribution in [0.15, 0.2) is 249 Å². The molecule has 0 aliphatic heterocycles. The quantitative estimate of drug-likeness (QED) is 0.142. The number of hydrogen-bond acceptors (Lipinski definition) is 1. The van der Waals surface area contributed by atoms with Gasteiger partial charge < -0.3 is 4.90 Å². The first-order valence-corrected chi connectivity index (χ1v) is 20.3. The number of anilines is 3. The van der Waals surface area contributed by atoms with Crippen LogP contribution in [0.3, 0.4) is 0 Å². The minimum absolute atomic E-state index is 1.09. The summed E-state index contributed by atoms with van der Waals surface area (Å²) < 4.78 is 0. The predicted molar refractivity (Wildman–Crippen MR) is 251 cm³/mol. The van der Waals surface area contributed by atoms with E-state index in [1.807, 2.05) is 0 Å². The zero-order chi connectivity index (χ0) is 39.4. The Bertz CT molecular complexity index is 2930. The van der Waals surface area contributed by atoms with Crippen LogP contribution < -0.4 is 4.90 Å². The van der Waals surface area contributed by atoms with E-state index in [9.17, 15) is 0 Å². The fraction of sp³-hybridized carbons (Fsp3) is 0. The average Bonchev–Trinajstić information content (AvgIpc) is 3.33. The van der Waals surface area contributed by atoms with E-state index < -0.39 is 0 Å². The molecule has 0 bridgehead atoms. The van der Waals surface area contributed by atoms with Gasteiger partial charge in [-0.05, 0) is 127 Å². The summed E-state index contributed by atoms with van der Waals surface area (Å²) in [6.45, 7) is 0. The number of benzene rings is 10. The van der Waals surface area contributed by atoms with Crippen molar-refractivity contribution in [2.24, 2.45) is 0 Å². The van der Waals surface area contributed by atoms with Crippen molar-refractivity contribution in [1.29, 1.82) is 0 Å². The van der Waals surface area contributed by atoms with Gasteiger partial charge in [0, 0.05) is 16.9 Å². The van der Waals surface area contributed by atoms with Crippen LogP contribution in [0, 0.1) is 0 Å². The van der Waals surface area contributed by atoms with Crippen molar-refractivity contribution in [2.75, 3.05) is 4.90 Å². The van der Waals surface area contributed by atoms with Crippen LogP contribution >= 0.6 is 0 Å². The lowest BCUT2D eigenvalue weighted by molar-refractivity contribution is 1.28. The van der Waals surface area contributed by atoms with Crippen LogP contribution in [0.25, 0.3) is 77.5 Å². The summed E-state index contributed by atoms with van der Waals surface area (Å²) in [5.74, 6) is 0. The Labute approximate surface area is 346 Å². The third kappa shape index (κ3) is 7.23. The number of para-hydroxylation sites is 1. The van der Waals surface area contributed by atoms with Crippen molar-refractivity contribution in [3.05, 3.63) is 249 Å². The first-order chi connectivity index (χ1) is 29.3. The van der Waals surface area contributed by atoms with Crippen molar-refractivity contribution in [1.82, 2.24) is 0 Å². The topological polar surface area (TPSA) is 3.24 Å². The van der Waals surface area contributed by atoms with E-state index in [0.29, 0.717) is 0 Å². The molecule has 278 valence electrons. The molecule has 0 unspecified atom stereocenters. The molecule has 10 aromatic carbocycles. The summed E-state index contributed by atoms with van der Waals surface area (Å²) in [6.07, 6.45) is 0.